The molecule has 0 unspecified atom stereocenters. The molecule has 1 N–H and O–H groups in total. The first kappa shape index (κ1) is 29.2. The van der Waals surface area contributed by atoms with Gasteiger partial charge in [-0.15, -0.1) is 0 Å². The largest absolute Gasteiger partial charge is 0.494 e. The molecule has 12 heteroatoms. The first-order chi connectivity index (χ1) is 20.7. The summed E-state index contributed by atoms with van der Waals surface area (Å²) in [6.45, 7) is 7.00. The summed E-state index contributed by atoms with van der Waals surface area (Å²) < 4.78 is 53.6. The number of hydrogen-bond acceptors (Lipinski definition) is 8. The Morgan fingerprint density at radius 2 is 1.98 bits per heavy atom. The minimum absolute atomic E-state index is 0.0146. The van der Waals surface area contributed by atoms with Gasteiger partial charge >= 0.3 is 6.18 Å². The van der Waals surface area contributed by atoms with E-state index in [1.54, 1.807) is 17.2 Å². The summed E-state index contributed by atoms with van der Waals surface area (Å²) in [4.78, 5) is 31.1. The second-order valence-electron chi connectivity index (χ2n) is 11.3. The van der Waals surface area contributed by atoms with Crippen molar-refractivity contribution in [2.24, 2.45) is 5.92 Å². The zero-order chi connectivity index (χ0) is 30.4. The lowest BCUT2D eigenvalue weighted by atomic mass is 9.62. The van der Waals surface area contributed by atoms with Gasteiger partial charge in [-0.25, -0.2) is 9.97 Å². The highest BCUT2D eigenvalue weighted by Gasteiger charge is 2.53. The van der Waals surface area contributed by atoms with Crippen LogP contribution in [0.3, 0.4) is 0 Å². The van der Waals surface area contributed by atoms with E-state index in [-0.39, 0.29) is 29.3 Å². The Hall–Kier alpha value is -3.93. The molecule has 0 aliphatic carbocycles. The molecule has 3 aliphatic rings. The highest BCUT2D eigenvalue weighted by Crippen LogP contribution is 2.50. The van der Waals surface area contributed by atoms with Gasteiger partial charge in [-0.2, -0.15) is 13.2 Å². The molecule has 2 fully saturated rings. The monoisotopic (exact) mass is 596 g/mol. The molecule has 3 aromatic rings. The van der Waals surface area contributed by atoms with Crippen molar-refractivity contribution in [1.82, 2.24) is 25.2 Å². The summed E-state index contributed by atoms with van der Waals surface area (Å²) in [5, 5.41) is 3.27. The van der Waals surface area contributed by atoms with Crippen LogP contribution in [0.15, 0.2) is 42.9 Å². The molecule has 9 nitrogen and oxygen atoms in total. The van der Waals surface area contributed by atoms with Crippen LogP contribution >= 0.6 is 0 Å². The normalized spacial score (nSPS) is 22.4. The van der Waals surface area contributed by atoms with Crippen LogP contribution in [0.4, 0.5) is 18.9 Å². The number of carbonyl (C=O) groups excluding carboxylic acids is 1. The predicted molar refractivity (Wildman–Crippen MR) is 154 cm³/mol. The Bertz CT molecular complexity index is 1510. The number of methoxy groups -OCH3 is 1. The number of nitrogens with zero attached hydrogens (tertiary/aromatic N) is 5. The maximum atomic E-state index is 14.3. The smallest absolute Gasteiger partial charge is 0.422 e. The number of alkyl halides is 3. The third-order valence-electron chi connectivity index (χ3n) is 9.15. The second-order valence-corrected chi connectivity index (χ2v) is 11.3. The van der Waals surface area contributed by atoms with E-state index in [0.717, 1.165) is 11.8 Å². The zero-order valence-corrected chi connectivity index (χ0v) is 24.4. The lowest BCUT2D eigenvalue weighted by molar-refractivity contribution is -0.138. The van der Waals surface area contributed by atoms with Crippen LogP contribution in [0.2, 0.25) is 0 Å². The van der Waals surface area contributed by atoms with Crippen molar-refractivity contribution in [2.45, 2.75) is 44.3 Å². The van der Waals surface area contributed by atoms with E-state index in [2.05, 4.69) is 22.2 Å². The quantitative estimate of drug-likeness (QED) is 0.424. The number of halogens is 3. The van der Waals surface area contributed by atoms with E-state index in [4.69, 9.17) is 14.5 Å². The Labute approximate surface area is 248 Å². The summed E-state index contributed by atoms with van der Waals surface area (Å²) in [6, 6.07) is 7.61. The third-order valence-corrected chi connectivity index (χ3v) is 9.15. The Kier molecular flexibility index (Phi) is 7.66. The summed E-state index contributed by atoms with van der Waals surface area (Å²) >= 11 is 0. The minimum Gasteiger partial charge on any atom is -0.494 e. The Morgan fingerprint density at radius 1 is 1.16 bits per heavy atom. The highest BCUT2D eigenvalue weighted by atomic mass is 19.4. The van der Waals surface area contributed by atoms with Crippen LogP contribution in [-0.4, -0.2) is 78.2 Å². The third kappa shape index (κ3) is 4.95. The highest BCUT2D eigenvalue weighted by molar-refractivity contribution is 5.96. The standard InChI is InChI=1S/C31H35F3N6O3/c1-4-19-17-39(24-15-36-16-25(42-3)26(24)31(32,33)34)12-10-30(19)18-40(20-13-35-14-20)29(41)27-22(30)8-9-23(38-27)21-7-6-11-37-28(21)43-5-2/h6-9,11,15-16,19-20,35H,4-5,10,12-14,17-18H2,1-3H3/t19-,30+/m1/s1. The topological polar surface area (TPSA) is 92.7 Å². The fourth-order valence-corrected chi connectivity index (χ4v) is 6.88. The number of fused-ring (bicyclic) bond motifs is 2. The van der Waals surface area contributed by atoms with Gasteiger partial charge in [0.2, 0.25) is 5.88 Å². The molecule has 2 atom stereocenters. The van der Waals surface area contributed by atoms with Gasteiger partial charge in [-0.1, -0.05) is 19.4 Å². The lowest BCUT2D eigenvalue weighted by Crippen LogP contribution is -2.66. The SMILES string of the molecule is CCOc1ncccc1-c1ccc2c(n1)C(=O)N(C1CNC1)C[C@]21CCN(c2cncc(OC)c2C(F)(F)F)C[C@H]1CC. The molecular formula is C31H35F3N6O3. The number of rotatable bonds is 7. The van der Waals surface area contributed by atoms with Gasteiger partial charge in [-0.3, -0.25) is 9.78 Å². The molecular weight excluding hydrogens is 561 g/mol. The van der Waals surface area contributed by atoms with Gasteiger partial charge in [0.05, 0.1) is 49.1 Å². The van der Waals surface area contributed by atoms with Crippen molar-refractivity contribution < 1.29 is 27.4 Å². The van der Waals surface area contributed by atoms with E-state index >= 15 is 0 Å². The number of ether oxygens (including phenoxy) is 2. The van der Waals surface area contributed by atoms with Crippen LogP contribution < -0.4 is 19.7 Å². The first-order valence-electron chi connectivity index (χ1n) is 14.7. The molecule has 3 aliphatic heterocycles. The van der Waals surface area contributed by atoms with Crippen molar-refractivity contribution >= 4 is 11.6 Å². The Balaban J connectivity index is 1.43. The number of hydrogen-bond donors (Lipinski definition) is 1. The average molecular weight is 597 g/mol. The molecule has 0 radical (unpaired) electrons. The van der Waals surface area contributed by atoms with Crippen molar-refractivity contribution in [3.8, 4) is 22.9 Å². The fourth-order valence-electron chi connectivity index (χ4n) is 6.88. The van der Waals surface area contributed by atoms with E-state index in [9.17, 15) is 18.0 Å². The number of pyridine rings is 3. The number of amides is 1. The van der Waals surface area contributed by atoms with Crippen molar-refractivity contribution in [3.05, 3.63) is 59.7 Å². The maximum absolute atomic E-state index is 14.3. The molecule has 1 spiro atoms. The summed E-state index contributed by atoms with van der Waals surface area (Å²) in [5.41, 5.74) is 1.27. The average Bonchev–Trinajstić information content (AvgIpc) is 2.98. The maximum Gasteiger partial charge on any atom is 0.422 e. The number of nitrogens with one attached hydrogen (secondary N) is 1. The van der Waals surface area contributed by atoms with Crippen LogP contribution in [-0.2, 0) is 11.6 Å². The fraction of sp³-hybridized carbons (Fsp3) is 0.484. The molecule has 0 bridgehead atoms. The van der Waals surface area contributed by atoms with Gasteiger partial charge in [0.1, 0.15) is 11.3 Å². The van der Waals surface area contributed by atoms with E-state index in [1.807, 2.05) is 30.0 Å². The van der Waals surface area contributed by atoms with Crippen LogP contribution in [0.1, 0.15) is 48.3 Å². The number of piperidine rings is 1. The van der Waals surface area contributed by atoms with Crippen LogP contribution in [0.5, 0.6) is 11.6 Å². The molecule has 6 rings (SSSR count). The molecule has 0 saturated carbocycles. The first-order valence-corrected chi connectivity index (χ1v) is 14.7. The summed E-state index contributed by atoms with van der Waals surface area (Å²) in [5.74, 6) is -0.0258. The molecule has 2 saturated heterocycles. The molecule has 0 aromatic carbocycles. The van der Waals surface area contributed by atoms with E-state index < -0.39 is 17.2 Å². The summed E-state index contributed by atoms with van der Waals surface area (Å²) in [7, 11) is 1.22. The van der Waals surface area contributed by atoms with E-state index in [0.29, 0.717) is 75.0 Å². The van der Waals surface area contributed by atoms with Crippen molar-refractivity contribution in [1.29, 1.82) is 0 Å². The number of anilines is 1. The van der Waals surface area contributed by atoms with Gasteiger partial charge in [0, 0.05) is 44.3 Å². The zero-order valence-electron chi connectivity index (χ0n) is 24.4. The molecule has 3 aromatic heterocycles. The van der Waals surface area contributed by atoms with Crippen LogP contribution in [0.25, 0.3) is 11.3 Å². The van der Waals surface area contributed by atoms with Gasteiger partial charge < -0.3 is 24.6 Å². The predicted octanol–water partition coefficient (Wildman–Crippen LogP) is 4.57. The van der Waals surface area contributed by atoms with Gasteiger partial charge in [0.25, 0.3) is 5.91 Å². The minimum atomic E-state index is -4.61. The lowest BCUT2D eigenvalue weighted by Gasteiger charge is -2.55. The molecule has 228 valence electrons. The van der Waals surface area contributed by atoms with Crippen LogP contribution in [0, 0.1) is 5.92 Å². The number of aromatic nitrogens is 3. The van der Waals surface area contributed by atoms with Gasteiger partial charge in [-0.05, 0) is 43.0 Å². The van der Waals surface area contributed by atoms with Crippen molar-refractivity contribution in [3.63, 3.8) is 0 Å². The number of carbonyl (C=O) groups is 1. The van der Waals surface area contributed by atoms with Crippen molar-refractivity contribution in [2.75, 3.05) is 51.3 Å². The van der Waals surface area contributed by atoms with E-state index in [1.165, 1.54) is 13.3 Å². The second kappa shape index (κ2) is 11.3. The van der Waals surface area contributed by atoms with Gasteiger partial charge in [0.15, 0.2) is 5.75 Å². The Morgan fingerprint density at radius 3 is 2.65 bits per heavy atom. The molecule has 43 heavy (non-hydrogen) atoms. The summed E-state index contributed by atoms with van der Waals surface area (Å²) in [6.07, 6.45) is 0.683. The molecule has 6 heterocycles. The molecule has 1 amide bonds.